The monoisotopic (exact) mass is 372 g/mol. The van der Waals surface area contributed by atoms with Crippen LogP contribution in [0.5, 0.6) is 0 Å². The van der Waals surface area contributed by atoms with Crippen LogP contribution in [0.4, 0.5) is 11.4 Å². The number of carbonyl (C=O) groups excluding carboxylic acids is 2. The van der Waals surface area contributed by atoms with Crippen molar-refractivity contribution in [2.45, 2.75) is 12.8 Å². The quantitative estimate of drug-likeness (QED) is 0.844. The third-order valence-electron chi connectivity index (χ3n) is 4.21. The Hall–Kier alpha value is -2.86. The molecular formula is C19H17ClN2O4. The van der Waals surface area contributed by atoms with E-state index in [1.807, 2.05) is 0 Å². The van der Waals surface area contributed by atoms with Gasteiger partial charge in [-0.05, 0) is 42.0 Å². The molecule has 3 rings (SSSR count). The van der Waals surface area contributed by atoms with E-state index in [4.69, 9.17) is 16.7 Å². The smallest absolute Gasteiger partial charge is 0.307 e. The molecule has 1 unspecified atom stereocenters. The first-order chi connectivity index (χ1) is 12.4. The van der Waals surface area contributed by atoms with Gasteiger partial charge in [0.1, 0.15) is 0 Å². The van der Waals surface area contributed by atoms with Crippen molar-refractivity contribution in [2.75, 3.05) is 16.8 Å². The number of carbonyl (C=O) groups is 3. The lowest BCUT2D eigenvalue weighted by atomic mass is 10.1. The fraction of sp³-hybridized carbons (Fsp3) is 0.211. The Bertz CT molecular complexity index is 834. The molecule has 0 bridgehead atoms. The molecule has 0 saturated carbocycles. The standard InChI is InChI=1S/C19H17ClN2O4/c20-14-3-7-16(8-4-14)22-11-13(10-17(22)23)19(26)21-15-5-1-12(2-6-15)9-18(24)25/h1-8,13H,9-11H2,(H,21,26)(H,24,25). The van der Waals surface area contributed by atoms with Crippen LogP contribution in [-0.2, 0) is 20.8 Å². The third kappa shape index (κ3) is 4.21. The zero-order chi connectivity index (χ0) is 18.7. The second-order valence-electron chi connectivity index (χ2n) is 6.14. The fourth-order valence-corrected chi connectivity index (χ4v) is 3.00. The van der Waals surface area contributed by atoms with Gasteiger partial charge in [0.15, 0.2) is 0 Å². The number of carboxylic acid groups (broad SMARTS) is 1. The van der Waals surface area contributed by atoms with Gasteiger partial charge in [0.05, 0.1) is 12.3 Å². The molecule has 0 radical (unpaired) electrons. The predicted octanol–water partition coefficient (Wildman–Crippen LogP) is 2.96. The Morgan fingerprint density at radius 2 is 1.77 bits per heavy atom. The van der Waals surface area contributed by atoms with E-state index in [0.717, 1.165) is 0 Å². The van der Waals surface area contributed by atoms with Crippen molar-refractivity contribution in [2.24, 2.45) is 5.92 Å². The first-order valence-corrected chi connectivity index (χ1v) is 8.47. The van der Waals surface area contributed by atoms with E-state index < -0.39 is 11.9 Å². The number of amides is 2. The average Bonchev–Trinajstić information content (AvgIpc) is 2.99. The Morgan fingerprint density at radius 3 is 2.38 bits per heavy atom. The van der Waals surface area contributed by atoms with Crippen LogP contribution in [0.1, 0.15) is 12.0 Å². The van der Waals surface area contributed by atoms with Crippen molar-refractivity contribution in [3.63, 3.8) is 0 Å². The molecule has 1 fully saturated rings. The van der Waals surface area contributed by atoms with Crippen LogP contribution in [0.3, 0.4) is 0 Å². The molecule has 6 nitrogen and oxygen atoms in total. The number of anilines is 2. The molecule has 0 aromatic heterocycles. The number of hydrogen-bond donors (Lipinski definition) is 2. The predicted molar refractivity (Wildman–Crippen MR) is 98.3 cm³/mol. The molecule has 0 aliphatic carbocycles. The summed E-state index contributed by atoms with van der Waals surface area (Å²) in [5.41, 5.74) is 1.94. The van der Waals surface area contributed by atoms with Crippen molar-refractivity contribution < 1.29 is 19.5 Å². The summed E-state index contributed by atoms with van der Waals surface area (Å²) < 4.78 is 0. The molecule has 1 saturated heterocycles. The highest BCUT2D eigenvalue weighted by Gasteiger charge is 2.35. The maximum atomic E-state index is 12.4. The van der Waals surface area contributed by atoms with Crippen LogP contribution < -0.4 is 10.2 Å². The Morgan fingerprint density at radius 1 is 1.12 bits per heavy atom. The molecule has 1 atom stereocenters. The highest BCUT2D eigenvalue weighted by atomic mass is 35.5. The summed E-state index contributed by atoms with van der Waals surface area (Å²) in [4.78, 5) is 36.9. The van der Waals surface area contributed by atoms with Crippen LogP contribution in [0.25, 0.3) is 0 Å². The number of benzene rings is 2. The molecule has 2 aromatic rings. The van der Waals surface area contributed by atoms with E-state index >= 15 is 0 Å². The molecule has 2 amide bonds. The van der Waals surface area contributed by atoms with E-state index in [9.17, 15) is 14.4 Å². The lowest BCUT2D eigenvalue weighted by Crippen LogP contribution is -2.28. The van der Waals surface area contributed by atoms with Crippen LogP contribution >= 0.6 is 11.6 Å². The summed E-state index contributed by atoms with van der Waals surface area (Å²) in [6, 6.07) is 13.5. The van der Waals surface area contributed by atoms with E-state index in [1.54, 1.807) is 53.4 Å². The molecule has 7 heteroatoms. The summed E-state index contributed by atoms with van der Waals surface area (Å²) >= 11 is 5.86. The number of hydrogen-bond acceptors (Lipinski definition) is 3. The van der Waals surface area contributed by atoms with Crippen molar-refractivity contribution in [3.05, 3.63) is 59.1 Å². The molecule has 0 spiro atoms. The highest BCUT2D eigenvalue weighted by molar-refractivity contribution is 6.30. The highest BCUT2D eigenvalue weighted by Crippen LogP contribution is 2.27. The van der Waals surface area contributed by atoms with Crippen molar-refractivity contribution in [1.82, 2.24) is 0 Å². The van der Waals surface area contributed by atoms with Gasteiger partial charge in [0, 0.05) is 29.4 Å². The van der Waals surface area contributed by atoms with E-state index in [1.165, 1.54) is 0 Å². The summed E-state index contributed by atoms with van der Waals surface area (Å²) in [6.45, 7) is 0.309. The Kier molecular flexibility index (Phi) is 5.23. The number of rotatable bonds is 5. The van der Waals surface area contributed by atoms with E-state index in [-0.39, 0.29) is 24.7 Å². The van der Waals surface area contributed by atoms with Gasteiger partial charge < -0.3 is 15.3 Å². The van der Waals surface area contributed by atoms with Crippen molar-refractivity contribution in [1.29, 1.82) is 0 Å². The first-order valence-electron chi connectivity index (χ1n) is 8.10. The molecule has 1 aliphatic heterocycles. The van der Waals surface area contributed by atoms with Crippen molar-refractivity contribution in [3.8, 4) is 0 Å². The average molecular weight is 373 g/mol. The lowest BCUT2D eigenvalue weighted by Gasteiger charge is -2.16. The summed E-state index contributed by atoms with van der Waals surface area (Å²) in [6.07, 6.45) is 0.0764. The summed E-state index contributed by atoms with van der Waals surface area (Å²) in [5, 5.41) is 12.1. The normalized spacial score (nSPS) is 16.6. The van der Waals surface area contributed by atoms with Gasteiger partial charge in [-0.15, -0.1) is 0 Å². The molecule has 2 aromatic carbocycles. The minimum Gasteiger partial charge on any atom is -0.481 e. The molecule has 26 heavy (non-hydrogen) atoms. The van der Waals surface area contributed by atoms with Gasteiger partial charge in [-0.25, -0.2) is 0 Å². The lowest BCUT2D eigenvalue weighted by molar-refractivity contribution is -0.136. The first kappa shape index (κ1) is 17.9. The third-order valence-corrected chi connectivity index (χ3v) is 4.46. The fourth-order valence-electron chi connectivity index (χ4n) is 2.88. The van der Waals surface area contributed by atoms with Crippen LogP contribution in [0, 0.1) is 5.92 Å². The van der Waals surface area contributed by atoms with E-state index in [0.29, 0.717) is 28.5 Å². The Labute approximate surface area is 155 Å². The zero-order valence-corrected chi connectivity index (χ0v) is 14.6. The van der Waals surface area contributed by atoms with Gasteiger partial charge >= 0.3 is 5.97 Å². The van der Waals surface area contributed by atoms with E-state index in [2.05, 4.69) is 5.32 Å². The zero-order valence-electron chi connectivity index (χ0n) is 13.8. The number of carboxylic acids is 1. The van der Waals surface area contributed by atoms with Gasteiger partial charge in [0.25, 0.3) is 0 Å². The Balaban J connectivity index is 1.62. The number of halogens is 1. The van der Waals surface area contributed by atoms with Gasteiger partial charge in [0.2, 0.25) is 11.8 Å². The molecule has 1 aliphatic rings. The van der Waals surface area contributed by atoms with Gasteiger partial charge in [-0.3, -0.25) is 14.4 Å². The minimum absolute atomic E-state index is 0.0681. The molecular weight excluding hydrogens is 356 g/mol. The maximum Gasteiger partial charge on any atom is 0.307 e. The van der Waals surface area contributed by atoms with Crippen LogP contribution in [0.15, 0.2) is 48.5 Å². The molecule has 2 N–H and O–H groups in total. The summed E-state index contributed by atoms with van der Waals surface area (Å²) in [7, 11) is 0. The topological polar surface area (TPSA) is 86.7 Å². The molecule has 134 valence electrons. The summed E-state index contributed by atoms with van der Waals surface area (Å²) in [5.74, 6) is -1.70. The van der Waals surface area contributed by atoms with Crippen LogP contribution in [0.2, 0.25) is 5.02 Å². The van der Waals surface area contributed by atoms with Crippen molar-refractivity contribution >= 4 is 40.8 Å². The number of aliphatic carboxylic acids is 1. The molecule has 1 heterocycles. The number of nitrogens with one attached hydrogen (secondary N) is 1. The SMILES string of the molecule is O=C(O)Cc1ccc(NC(=O)C2CC(=O)N(c3ccc(Cl)cc3)C2)cc1. The number of nitrogens with zero attached hydrogens (tertiary/aromatic N) is 1. The van der Waals surface area contributed by atoms with Crippen LogP contribution in [-0.4, -0.2) is 29.4 Å². The maximum absolute atomic E-state index is 12.4. The largest absolute Gasteiger partial charge is 0.481 e. The van der Waals surface area contributed by atoms with Gasteiger partial charge in [-0.1, -0.05) is 23.7 Å². The van der Waals surface area contributed by atoms with Gasteiger partial charge in [-0.2, -0.15) is 0 Å². The minimum atomic E-state index is -0.909. The second kappa shape index (κ2) is 7.58. The second-order valence-corrected chi connectivity index (χ2v) is 6.57.